The van der Waals surface area contributed by atoms with Crippen LogP contribution >= 0.6 is 0 Å². The molecule has 0 spiro atoms. The number of carbonyl (C=O) groups is 3. The van der Waals surface area contributed by atoms with Crippen LogP contribution in [0.2, 0.25) is 0 Å². The average Bonchev–Trinajstić information content (AvgIpc) is 2.88. The summed E-state index contributed by atoms with van der Waals surface area (Å²) in [5.41, 5.74) is 5.52. The van der Waals surface area contributed by atoms with Crippen LogP contribution in [0, 0.1) is 26.6 Å². The Bertz CT molecular complexity index is 1480. The molecule has 0 bridgehead atoms. The van der Waals surface area contributed by atoms with Gasteiger partial charge in [-0.15, -0.1) is 0 Å². The number of hydrogen-bond acceptors (Lipinski definition) is 5. The van der Waals surface area contributed by atoms with Crippen molar-refractivity contribution in [2.75, 3.05) is 18.5 Å². The van der Waals surface area contributed by atoms with Crippen LogP contribution in [0.15, 0.2) is 66.7 Å². The zero-order chi connectivity index (χ0) is 26.5. The van der Waals surface area contributed by atoms with Crippen molar-refractivity contribution in [3.63, 3.8) is 0 Å². The van der Waals surface area contributed by atoms with Gasteiger partial charge in [0.25, 0.3) is 5.91 Å². The lowest BCUT2D eigenvalue weighted by Gasteiger charge is -2.13. The number of aryl methyl sites for hydroxylation is 3. The number of esters is 1. The number of amides is 2. The van der Waals surface area contributed by atoms with Crippen LogP contribution in [0.5, 0.6) is 0 Å². The molecule has 0 saturated heterocycles. The highest BCUT2D eigenvalue weighted by atomic mass is 19.1. The van der Waals surface area contributed by atoms with E-state index in [0.717, 1.165) is 16.7 Å². The summed E-state index contributed by atoms with van der Waals surface area (Å²) in [6, 6.07) is 18.3. The van der Waals surface area contributed by atoms with Crippen LogP contribution in [0.3, 0.4) is 0 Å². The molecule has 1 heterocycles. The first kappa shape index (κ1) is 25.5. The molecular weight excluding hydrogens is 473 g/mol. The second kappa shape index (κ2) is 11.0. The van der Waals surface area contributed by atoms with Gasteiger partial charge in [0, 0.05) is 16.6 Å². The Hall–Kier alpha value is -4.59. The number of hydrogen-bond donors (Lipinski definition) is 2. The van der Waals surface area contributed by atoms with E-state index in [4.69, 9.17) is 4.74 Å². The van der Waals surface area contributed by atoms with Crippen molar-refractivity contribution in [2.24, 2.45) is 0 Å². The summed E-state index contributed by atoms with van der Waals surface area (Å²) in [6.07, 6.45) is 0. The smallest absolute Gasteiger partial charge is 0.339 e. The largest absolute Gasteiger partial charge is 0.452 e. The van der Waals surface area contributed by atoms with Crippen LogP contribution in [0.1, 0.15) is 27.0 Å². The predicted molar refractivity (Wildman–Crippen MR) is 140 cm³/mol. The fourth-order valence-electron chi connectivity index (χ4n) is 4.11. The molecule has 37 heavy (non-hydrogen) atoms. The van der Waals surface area contributed by atoms with Crippen LogP contribution in [-0.4, -0.2) is 35.9 Å². The molecule has 8 heteroatoms. The fourth-order valence-corrected chi connectivity index (χ4v) is 4.11. The zero-order valence-electron chi connectivity index (χ0n) is 20.7. The monoisotopic (exact) mass is 499 g/mol. The first-order valence-electron chi connectivity index (χ1n) is 11.7. The molecule has 1 aromatic heterocycles. The van der Waals surface area contributed by atoms with Gasteiger partial charge >= 0.3 is 5.97 Å². The van der Waals surface area contributed by atoms with Crippen molar-refractivity contribution in [2.45, 2.75) is 20.8 Å². The Morgan fingerprint density at radius 3 is 2.27 bits per heavy atom. The maximum Gasteiger partial charge on any atom is 0.339 e. The van der Waals surface area contributed by atoms with Crippen molar-refractivity contribution in [1.82, 2.24) is 10.3 Å². The standard InChI is InChI=1S/C29H26FN3O4/c1-17-12-18(2)28(19(3)13-17)33-26(34)15-31-27(35)16-37-29(36)23-14-25(20-8-10-21(30)11-9-20)32-24-7-5-4-6-22(23)24/h4-14H,15-16H2,1-3H3,(H,31,35)(H,33,34). The minimum Gasteiger partial charge on any atom is -0.452 e. The van der Waals surface area contributed by atoms with Gasteiger partial charge < -0.3 is 15.4 Å². The first-order chi connectivity index (χ1) is 17.7. The highest BCUT2D eigenvalue weighted by molar-refractivity contribution is 6.05. The summed E-state index contributed by atoms with van der Waals surface area (Å²) < 4.78 is 18.6. The van der Waals surface area contributed by atoms with Gasteiger partial charge in [-0.3, -0.25) is 9.59 Å². The van der Waals surface area contributed by atoms with E-state index in [1.54, 1.807) is 42.5 Å². The molecule has 0 aliphatic rings. The fraction of sp³-hybridized carbons (Fsp3) is 0.172. The highest BCUT2D eigenvalue weighted by Crippen LogP contribution is 2.26. The average molecular weight is 500 g/mol. The molecule has 0 saturated carbocycles. The molecule has 4 rings (SSSR count). The summed E-state index contributed by atoms with van der Waals surface area (Å²) in [7, 11) is 0. The van der Waals surface area contributed by atoms with Gasteiger partial charge in [0.1, 0.15) is 5.82 Å². The molecule has 188 valence electrons. The van der Waals surface area contributed by atoms with E-state index in [0.29, 0.717) is 27.8 Å². The molecule has 0 unspecified atom stereocenters. The predicted octanol–water partition coefficient (Wildman–Crippen LogP) is 4.88. The van der Waals surface area contributed by atoms with E-state index in [1.165, 1.54) is 12.1 Å². The SMILES string of the molecule is Cc1cc(C)c(NC(=O)CNC(=O)COC(=O)c2cc(-c3ccc(F)cc3)nc3ccccc23)c(C)c1. The minimum atomic E-state index is -0.715. The van der Waals surface area contributed by atoms with E-state index in [9.17, 15) is 18.8 Å². The lowest BCUT2D eigenvalue weighted by Crippen LogP contribution is -2.35. The number of pyridine rings is 1. The Morgan fingerprint density at radius 1 is 0.892 bits per heavy atom. The van der Waals surface area contributed by atoms with Gasteiger partial charge in [0.15, 0.2) is 6.61 Å². The molecule has 0 aliphatic carbocycles. The second-order valence-electron chi connectivity index (χ2n) is 8.75. The van der Waals surface area contributed by atoms with Crippen LogP contribution in [0.4, 0.5) is 10.1 Å². The van der Waals surface area contributed by atoms with Crippen LogP contribution in [-0.2, 0) is 14.3 Å². The van der Waals surface area contributed by atoms with E-state index in [1.807, 2.05) is 32.9 Å². The summed E-state index contributed by atoms with van der Waals surface area (Å²) in [4.78, 5) is 42.1. The van der Waals surface area contributed by atoms with Gasteiger partial charge in [0.2, 0.25) is 5.91 Å². The molecule has 2 N–H and O–H groups in total. The van der Waals surface area contributed by atoms with Gasteiger partial charge in [-0.1, -0.05) is 35.9 Å². The number of nitrogens with zero attached hydrogens (tertiary/aromatic N) is 1. The maximum absolute atomic E-state index is 13.4. The number of halogens is 1. The maximum atomic E-state index is 13.4. The molecule has 4 aromatic rings. The number of rotatable bonds is 7. The molecule has 0 atom stereocenters. The molecule has 0 fully saturated rings. The van der Waals surface area contributed by atoms with Crippen LogP contribution < -0.4 is 10.6 Å². The number of ether oxygens (including phenoxy) is 1. The number of fused-ring (bicyclic) bond motifs is 1. The summed E-state index contributed by atoms with van der Waals surface area (Å²) in [5.74, 6) is -2.10. The quantitative estimate of drug-likeness (QED) is 0.354. The topological polar surface area (TPSA) is 97.4 Å². The third kappa shape index (κ3) is 6.16. The van der Waals surface area contributed by atoms with E-state index in [2.05, 4.69) is 15.6 Å². The van der Waals surface area contributed by atoms with Gasteiger partial charge in [-0.05, 0) is 68.3 Å². The van der Waals surface area contributed by atoms with E-state index in [-0.39, 0.29) is 17.9 Å². The molecule has 3 aromatic carbocycles. The number of benzene rings is 3. The molecule has 0 radical (unpaired) electrons. The Labute approximate surface area is 213 Å². The van der Waals surface area contributed by atoms with Crippen molar-refractivity contribution in [1.29, 1.82) is 0 Å². The normalized spacial score (nSPS) is 10.7. The van der Waals surface area contributed by atoms with Crippen molar-refractivity contribution < 1.29 is 23.5 Å². The number of nitrogens with one attached hydrogen (secondary N) is 2. The van der Waals surface area contributed by atoms with E-state index < -0.39 is 24.4 Å². The van der Waals surface area contributed by atoms with Gasteiger partial charge in [0.05, 0.1) is 23.3 Å². The lowest BCUT2D eigenvalue weighted by molar-refractivity contribution is -0.126. The van der Waals surface area contributed by atoms with Crippen molar-refractivity contribution >= 4 is 34.4 Å². The lowest BCUT2D eigenvalue weighted by atomic mass is 10.0. The zero-order valence-corrected chi connectivity index (χ0v) is 20.7. The van der Waals surface area contributed by atoms with Crippen molar-refractivity contribution in [3.05, 3.63) is 94.8 Å². The molecule has 0 aliphatic heterocycles. The number of aromatic nitrogens is 1. The minimum absolute atomic E-state index is 0.223. The van der Waals surface area contributed by atoms with Crippen LogP contribution in [0.25, 0.3) is 22.2 Å². The second-order valence-corrected chi connectivity index (χ2v) is 8.75. The Morgan fingerprint density at radius 2 is 1.57 bits per heavy atom. The number of carbonyl (C=O) groups excluding carboxylic acids is 3. The third-order valence-corrected chi connectivity index (χ3v) is 5.80. The van der Waals surface area contributed by atoms with Crippen molar-refractivity contribution in [3.8, 4) is 11.3 Å². The highest BCUT2D eigenvalue weighted by Gasteiger charge is 2.17. The summed E-state index contributed by atoms with van der Waals surface area (Å²) >= 11 is 0. The van der Waals surface area contributed by atoms with Gasteiger partial charge in [-0.2, -0.15) is 0 Å². The summed E-state index contributed by atoms with van der Waals surface area (Å²) in [5, 5.41) is 5.83. The first-order valence-corrected chi connectivity index (χ1v) is 11.7. The molecular formula is C29H26FN3O4. The van der Waals surface area contributed by atoms with Gasteiger partial charge in [-0.25, -0.2) is 14.2 Å². The third-order valence-electron chi connectivity index (χ3n) is 5.80. The molecule has 7 nitrogen and oxygen atoms in total. The Kier molecular flexibility index (Phi) is 7.57. The summed E-state index contributed by atoms with van der Waals surface area (Å²) in [6.45, 7) is 4.95. The number of para-hydroxylation sites is 1. The van der Waals surface area contributed by atoms with E-state index >= 15 is 0 Å². The number of anilines is 1. The molecule has 2 amide bonds. The Balaban J connectivity index is 1.40.